The molecule has 0 N–H and O–H groups in total. The molecule has 2 aromatic heterocycles. The predicted octanol–water partition coefficient (Wildman–Crippen LogP) is 14.8. The van der Waals surface area contributed by atoms with Crippen molar-refractivity contribution in [2.75, 3.05) is 0 Å². The molecule has 4 heteroatoms. The molecule has 0 bridgehead atoms. The third-order valence-electron chi connectivity index (χ3n) is 12.0. The lowest BCUT2D eigenvalue weighted by Crippen LogP contribution is -2.02. The van der Waals surface area contributed by atoms with Crippen molar-refractivity contribution < 1.29 is 0 Å². The second-order valence-electron chi connectivity index (χ2n) is 15.6. The second kappa shape index (κ2) is 14.3. The molecule has 0 spiro atoms. The van der Waals surface area contributed by atoms with Crippen LogP contribution in [0.4, 0.5) is 0 Å². The van der Waals surface area contributed by atoms with Crippen LogP contribution in [-0.4, -0.2) is 19.5 Å². The van der Waals surface area contributed by atoms with Crippen LogP contribution in [0.1, 0.15) is 0 Å². The standard InChI is InChI=1S/C57H36N4/c1-2-16-40(17-3-1)55-58-56(41-29-26-38(27-30-41)45-31-28-37-14-4-5-18-42(37)34-45)60-57(59-55)50-24-11-10-22-47(50)48-23-12-13-25-52(48)61-53-36-44-20-7-6-19-43(44)35-51(53)49-33-32-39-15-8-9-21-46(39)54(49)61/h1-36H. The van der Waals surface area contributed by atoms with Gasteiger partial charge >= 0.3 is 0 Å². The lowest BCUT2D eigenvalue weighted by molar-refractivity contribution is 1.07. The van der Waals surface area contributed by atoms with Crippen molar-refractivity contribution in [1.82, 2.24) is 19.5 Å². The van der Waals surface area contributed by atoms with Gasteiger partial charge in [-0.25, -0.2) is 15.0 Å². The Kier molecular flexibility index (Phi) is 8.13. The third kappa shape index (κ3) is 5.96. The molecule has 10 aromatic carbocycles. The lowest BCUT2D eigenvalue weighted by atomic mass is 9.97. The summed E-state index contributed by atoms with van der Waals surface area (Å²) >= 11 is 0. The Morgan fingerprint density at radius 1 is 0.279 bits per heavy atom. The van der Waals surface area contributed by atoms with E-state index in [1.54, 1.807) is 0 Å². The van der Waals surface area contributed by atoms with Gasteiger partial charge in [-0.3, -0.25) is 0 Å². The van der Waals surface area contributed by atoms with Gasteiger partial charge in [0.05, 0.1) is 16.7 Å². The molecule has 12 aromatic rings. The Morgan fingerprint density at radius 2 is 0.803 bits per heavy atom. The predicted molar refractivity (Wildman–Crippen MR) is 254 cm³/mol. The van der Waals surface area contributed by atoms with Gasteiger partial charge in [0.25, 0.3) is 0 Å². The Hall–Kier alpha value is -8.21. The molecule has 0 saturated carbocycles. The monoisotopic (exact) mass is 776 g/mol. The molecule has 0 aliphatic heterocycles. The summed E-state index contributed by atoms with van der Waals surface area (Å²) in [6, 6.07) is 77.7. The van der Waals surface area contributed by atoms with Crippen LogP contribution < -0.4 is 0 Å². The smallest absolute Gasteiger partial charge is 0.164 e. The molecule has 284 valence electrons. The van der Waals surface area contributed by atoms with Crippen LogP contribution in [0.3, 0.4) is 0 Å². The van der Waals surface area contributed by atoms with Gasteiger partial charge in [-0.1, -0.05) is 194 Å². The van der Waals surface area contributed by atoms with Gasteiger partial charge in [-0.05, 0) is 67.9 Å². The van der Waals surface area contributed by atoms with E-state index in [0.29, 0.717) is 17.5 Å². The van der Waals surface area contributed by atoms with E-state index in [1.807, 2.05) is 18.2 Å². The first-order valence-electron chi connectivity index (χ1n) is 20.7. The summed E-state index contributed by atoms with van der Waals surface area (Å²) in [7, 11) is 0. The van der Waals surface area contributed by atoms with E-state index in [1.165, 1.54) is 54.2 Å². The maximum absolute atomic E-state index is 5.27. The highest BCUT2D eigenvalue weighted by Gasteiger charge is 2.21. The largest absolute Gasteiger partial charge is 0.308 e. The quantitative estimate of drug-likeness (QED) is 0.169. The minimum absolute atomic E-state index is 0.617. The van der Waals surface area contributed by atoms with Crippen LogP contribution in [0, 0.1) is 0 Å². The zero-order valence-corrected chi connectivity index (χ0v) is 33.1. The molecule has 0 aliphatic carbocycles. The summed E-state index contributed by atoms with van der Waals surface area (Å²) in [6.07, 6.45) is 0. The fourth-order valence-corrected chi connectivity index (χ4v) is 9.04. The van der Waals surface area contributed by atoms with E-state index < -0.39 is 0 Å². The number of hydrogen-bond acceptors (Lipinski definition) is 3. The van der Waals surface area contributed by atoms with Crippen molar-refractivity contribution in [3.05, 3.63) is 218 Å². The minimum atomic E-state index is 0.617. The van der Waals surface area contributed by atoms with Crippen LogP contribution in [0.2, 0.25) is 0 Å². The molecule has 61 heavy (non-hydrogen) atoms. The second-order valence-corrected chi connectivity index (χ2v) is 15.6. The number of hydrogen-bond donors (Lipinski definition) is 0. The lowest BCUT2D eigenvalue weighted by Gasteiger charge is -2.17. The minimum Gasteiger partial charge on any atom is -0.308 e. The first kappa shape index (κ1) is 34.8. The van der Waals surface area contributed by atoms with Gasteiger partial charge < -0.3 is 4.57 Å². The highest BCUT2D eigenvalue weighted by Crippen LogP contribution is 2.42. The zero-order valence-electron chi connectivity index (χ0n) is 33.1. The van der Waals surface area contributed by atoms with E-state index in [4.69, 9.17) is 15.0 Å². The Labute approximate surface area is 352 Å². The number of para-hydroxylation sites is 1. The van der Waals surface area contributed by atoms with Gasteiger partial charge in [0, 0.05) is 38.4 Å². The molecule has 4 nitrogen and oxygen atoms in total. The van der Waals surface area contributed by atoms with E-state index in [-0.39, 0.29) is 0 Å². The van der Waals surface area contributed by atoms with E-state index in [2.05, 4.69) is 205 Å². The van der Waals surface area contributed by atoms with Crippen molar-refractivity contribution in [2.45, 2.75) is 0 Å². The molecular weight excluding hydrogens is 741 g/mol. The van der Waals surface area contributed by atoms with E-state index in [0.717, 1.165) is 44.6 Å². The average molecular weight is 777 g/mol. The molecule has 0 atom stereocenters. The topological polar surface area (TPSA) is 43.6 Å². The van der Waals surface area contributed by atoms with Crippen molar-refractivity contribution in [1.29, 1.82) is 0 Å². The van der Waals surface area contributed by atoms with Crippen LogP contribution in [0.5, 0.6) is 0 Å². The number of rotatable bonds is 6. The summed E-state index contributed by atoms with van der Waals surface area (Å²) < 4.78 is 2.47. The van der Waals surface area contributed by atoms with Crippen LogP contribution in [0.25, 0.3) is 116 Å². The van der Waals surface area contributed by atoms with Gasteiger partial charge in [0.2, 0.25) is 0 Å². The first-order chi connectivity index (χ1) is 30.2. The highest BCUT2D eigenvalue weighted by molar-refractivity contribution is 6.21. The molecule has 0 unspecified atom stereocenters. The van der Waals surface area contributed by atoms with Gasteiger partial charge in [-0.2, -0.15) is 0 Å². The van der Waals surface area contributed by atoms with Crippen molar-refractivity contribution >= 4 is 54.1 Å². The molecule has 0 fully saturated rings. The highest BCUT2D eigenvalue weighted by atomic mass is 15.0. The van der Waals surface area contributed by atoms with Gasteiger partial charge in [-0.15, -0.1) is 0 Å². The fourth-order valence-electron chi connectivity index (χ4n) is 9.04. The van der Waals surface area contributed by atoms with E-state index in [9.17, 15) is 0 Å². The van der Waals surface area contributed by atoms with Gasteiger partial charge in [0.15, 0.2) is 17.5 Å². The normalized spacial score (nSPS) is 11.6. The van der Waals surface area contributed by atoms with Crippen molar-refractivity contribution in [2.24, 2.45) is 0 Å². The summed E-state index contributed by atoms with van der Waals surface area (Å²) in [5.41, 5.74) is 10.7. The van der Waals surface area contributed by atoms with Crippen LogP contribution in [0.15, 0.2) is 218 Å². The summed E-state index contributed by atoms with van der Waals surface area (Å²) in [6.45, 7) is 0. The maximum Gasteiger partial charge on any atom is 0.164 e. The van der Waals surface area contributed by atoms with E-state index >= 15 is 0 Å². The molecule has 0 saturated heterocycles. The molecule has 2 heterocycles. The van der Waals surface area contributed by atoms with Gasteiger partial charge in [0.1, 0.15) is 0 Å². The molecule has 0 aliphatic rings. The Morgan fingerprint density at radius 3 is 1.57 bits per heavy atom. The Balaban J connectivity index is 1.05. The van der Waals surface area contributed by atoms with Crippen molar-refractivity contribution in [3.63, 3.8) is 0 Å². The summed E-state index contributed by atoms with van der Waals surface area (Å²) in [5, 5.41) is 9.75. The molecule has 12 rings (SSSR count). The fraction of sp³-hybridized carbons (Fsp3) is 0. The number of aromatic nitrogens is 4. The summed E-state index contributed by atoms with van der Waals surface area (Å²) in [4.78, 5) is 15.6. The first-order valence-corrected chi connectivity index (χ1v) is 20.7. The van der Waals surface area contributed by atoms with Crippen LogP contribution >= 0.6 is 0 Å². The Bertz CT molecular complexity index is 3640. The van der Waals surface area contributed by atoms with Crippen LogP contribution in [-0.2, 0) is 0 Å². The molecule has 0 radical (unpaired) electrons. The molecular formula is C57H36N4. The summed E-state index contributed by atoms with van der Waals surface area (Å²) in [5.74, 6) is 1.87. The SMILES string of the molecule is c1ccc(-c2nc(-c3ccc(-c4ccc5ccccc5c4)cc3)nc(-c3ccccc3-c3ccccc3-n3c4cc5ccccc5cc4c4ccc5ccccc5c43)n2)cc1. The number of benzene rings is 10. The molecule has 0 amide bonds. The number of fused-ring (bicyclic) bond motifs is 7. The average Bonchev–Trinajstić information content (AvgIpc) is 3.66. The maximum atomic E-state index is 5.27. The zero-order chi connectivity index (χ0) is 40.3. The third-order valence-corrected chi connectivity index (χ3v) is 12.0. The van der Waals surface area contributed by atoms with Crippen molar-refractivity contribution in [3.8, 4) is 62.1 Å². The number of nitrogens with zero attached hydrogens (tertiary/aromatic N) is 4.